The molecule has 0 bridgehead atoms. The van der Waals surface area contributed by atoms with Crippen LogP contribution in [0, 0.1) is 0 Å². The normalized spacial score (nSPS) is 13.5. The summed E-state index contributed by atoms with van der Waals surface area (Å²) in [6.07, 6.45) is 1.41. The highest BCUT2D eigenvalue weighted by Gasteiger charge is 1.89. The van der Waals surface area contributed by atoms with Gasteiger partial charge in [-0.15, -0.1) is 0 Å². The molecule has 1 unspecified atom stereocenters. The Morgan fingerprint density at radius 2 is 2.08 bits per heavy atom. The predicted octanol–water partition coefficient (Wildman–Crippen LogP) is 1.49. The van der Waals surface area contributed by atoms with Gasteiger partial charge < -0.3 is 5.11 Å². The van der Waals surface area contributed by atoms with E-state index in [0.717, 1.165) is 5.56 Å². The van der Waals surface area contributed by atoms with E-state index < -0.39 is 0 Å². The van der Waals surface area contributed by atoms with E-state index in [1.807, 2.05) is 30.3 Å². The fourth-order valence-corrected chi connectivity index (χ4v) is 0.850. The lowest BCUT2D eigenvalue weighted by molar-refractivity contribution is 0.204. The van der Waals surface area contributed by atoms with Gasteiger partial charge in [-0.05, 0) is 12.5 Å². The molecule has 2 nitrogen and oxygen atoms in total. The second-order valence-electron chi connectivity index (χ2n) is 2.75. The third kappa shape index (κ3) is 3.30. The second kappa shape index (κ2) is 4.67. The van der Waals surface area contributed by atoms with E-state index in [4.69, 9.17) is 5.11 Å². The smallest absolute Gasteiger partial charge is 0.0707 e. The highest BCUT2D eigenvalue weighted by Crippen LogP contribution is 1.94. The Hall–Kier alpha value is -1.15. The van der Waals surface area contributed by atoms with Crippen LogP contribution in [0.1, 0.15) is 12.5 Å². The van der Waals surface area contributed by atoms with Gasteiger partial charge in [-0.3, -0.25) is 4.99 Å². The van der Waals surface area contributed by atoms with Crippen LogP contribution in [0.3, 0.4) is 0 Å². The van der Waals surface area contributed by atoms with Gasteiger partial charge in [-0.2, -0.15) is 0 Å². The van der Waals surface area contributed by atoms with Crippen molar-refractivity contribution in [2.45, 2.75) is 13.0 Å². The molecule has 0 radical (unpaired) electrons. The van der Waals surface area contributed by atoms with Crippen LogP contribution in [0.15, 0.2) is 35.3 Å². The third-order valence-corrected chi connectivity index (χ3v) is 1.41. The Bertz CT molecular complexity index is 241. The molecule has 1 N–H and O–H groups in total. The predicted molar refractivity (Wildman–Crippen MR) is 50.6 cm³/mol. The fraction of sp³-hybridized carbons (Fsp3) is 0.300. The number of aliphatic hydroxyl groups is 1. The van der Waals surface area contributed by atoms with Crippen molar-refractivity contribution in [3.8, 4) is 0 Å². The molecule has 0 aliphatic rings. The van der Waals surface area contributed by atoms with E-state index in [1.54, 1.807) is 13.1 Å². The molecule has 1 aromatic carbocycles. The zero-order valence-electron chi connectivity index (χ0n) is 7.14. The lowest BCUT2D eigenvalue weighted by Gasteiger charge is -1.96. The zero-order chi connectivity index (χ0) is 8.81. The molecule has 1 rings (SSSR count). The van der Waals surface area contributed by atoms with Crippen molar-refractivity contribution in [1.82, 2.24) is 0 Å². The first-order valence-corrected chi connectivity index (χ1v) is 4.02. The number of hydrogen-bond acceptors (Lipinski definition) is 2. The number of aliphatic imine (C=N–C) groups is 1. The molecule has 1 atom stereocenters. The number of nitrogens with zero attached hydrogens (tertiary/aromatic N) is 1. The molecule has 0 amide bonds. The first-order chi connectivity index (χ1) is 5.79. The standard InChI is InChI=1S/C10H13NO/c1-9(12)7-11-8-10-5-3-2-4-6-10/h2-6,8-9,12H,7H2,1H3. The number of aliphatic hydroxyl groups excluding tert-OH is 1. The largest absolute Gasteiger partial charge is 0.391 e. The highest BCUT2D eigenvalue weighted by atomic mass is 16.3. The van der Waals surface area contributed by atoms with Gasteiger partial charge in [0.05, 0.1) is 12.6 Å². The zero-order valence-corrected chi connectivity index (χ0v) is 7.14. The van der Waals surface area contributed by atoms with Crippen LogP contribution in [0.25, 0.3) is 0 Å². The van der Waals surface area contributed by atoms with Crippen LogP contribution in [0.4, 0.5) is 0 Å². The molecule has 2 heteroatoms. The summed E-state index contributed by atoms with van der Waals surface area (Å²) in [5.74, 6) is 0. The molecule has 0 aliphatic carbocycles. The Morgan fingerprint density at radius 1 is 1.42 bits per heavy atom. The minimum atomic E-state index is -0.357. The van der Waals surface area contributed by atoms with E-state index in [1.165, 1.54) is 0 Å². The van der Waals surface area contributed by atoms with E-state index in [2.05, 4.69) is 4.99 Å². The van der Waals surface area contributed by atoms with Gasteiger partial charge in [0.2, 0.25) is 0 Å². The quantitative estimate of drug-likeness (QED) is 0.673. The number of benzene rings is 1. The van der Waals surface area contributed by atoms with Gasteiger partial charge in [0, 0.05) is 6.21 Å². The molecule has 0 aliphatic heterocycles. The molecule has 0 aromatic heterocycles. The maximum atomic E-state index is 8.92. The van der Waals surface area contributed by atoms with E-state index in [9.17, 15) is 0 Å². The van der Waals surface area contributed by atoms with Crippen LogP contribution >= 0.6 is 0 Å². The molecule has 64 valence electrons. The molecule has 12 heavy (non-hydrogen) atoms. The van der Waals surface area contributed by atoms with Crippen molar-refractivity contribution in [2.75, 3.05) is 6.54 Å². The van der Waals surface area contributed by atoms with Crippen LogP contribution in [-0.2, 0) is 0 Å². The van der Waals surface area contributed by atoms with Crippen molar-refractivity contribution in [1.29, 1.82) is 0 Å². The molecule has 0 saturated heterocycles. The van der Waals surface area contributed by atoms with Crippen LogP contribution in [0.2, 0.25) is 0 Å². The number of hydrogen-bond donors (Lipinski definition) is 1. The lowest BCUT2D eigenvalue weighted by Crippen LogP contribution is -2.03. The summed E-state index contributed by atoms with van der Waals surface area (Å²) in [7, 11) is 0. The number of rotatable bonds is 3. The lowest BCUT2D eigenvalue weighted by atomic mass is 10.2. The summed E-state index contributed by atoms with van der Waals surface area (Å²) in [6, 6.07) is 9.84. The molecule has 1 aromatic rings. The van der Waals surface area contributed by atoms with Crippen molar-refractivity contribution in [3.63, 3.8) is 0 Å². The Morgan fingerprint density at radius 3 is 2.67 bits per heavy atom. The second-order valence-corrected chi connectivity index (χ2v) is 2.75. The van der Waals surface area contributed by atoms with Crippen LogP contribution < -0.4 is 0 Å². The summed E-state index contributed by atoms with van der Waals surface area (Å²) < 4.78 is 0. The molecular weight excluding hydrogens is 150 g/mol. The molecule has 0 heterocycles. The van der Waals surface area contributed by atoms with Gasteiger partial charge in [0.25, 0.3) is 0 Å². The van der Waals surface area contributed by atoms with Gasteiger partial charge in [0.1, 0.15) is 0 Å². The summed E-state index contributed by atoms with van der Waals surface area (Å²) in [6.45, 7) is 2.19. The first kappa shape index (κ1) is 8.94. The average molecular weight is 163 g/mol. The molecule has 0 spiro atoms. The fourth-order valence-electron chi connectivity index (χ4n) is 0.850. The Labute approximate surface area is 72.6 Å². The Balaban J connectivity index is 2.47. The van der Waals surface area contributed by atoms with Crippen LogP contribution in [0.5, 0.6) is 0 Å². The Kier molecular flexibility index (Phi) is 3.48. The van der Waals surface area contributed by atoms with Crippen molar-refractivity contribution in [2.24, 2.45) is 4.99 Å². The van der Waals surface area contributed by atoms with Crippen molar-refractivity contribution in [3.05, 3.63) is 35.9 Å². The monoisotopic (exact) mass is 163 g/mol. The minimum Gasteiger partial charge on any atom is -0.391 e. The summed E-state index contributed by atoms with van der Waals surface area (Å²) in [5, 5.41) is 8.92. The average Bonchev–Trinajstić information content (AvgIpc) is 2.05. The van der Waals surface area contributed by atoms with Gasteiger partial charge in [-0.25, -0.2) is 0 Å². The highest BCUT2D eigenvalue weighted by molar-refractivity contribution is 5.79. The van der Waals surface area contributed by atoms with E-state index in [0.29, 0.717) is 6.54 Å². The topological polar surface area (TPSA) is 32.6 Å². The molecule has 0 fully saturated rings. The minimum absolute atomic E-state index is 0.357. The molecule has 0 saturated carbocycles. The third-order valence-electron chi connectivity index (χ3n) is 1.41. The maximum absolute atomic E-state index is 8.92. The SMILES string of the molecule is CC(O)CN=Cc1ccccc1. The van der Waals surface area contributed by atoms with Gasteiger partial charge in [0.15, 0.2) is 0 Å². The first-order valence-electron chi connectivity index (χ1n) is 4.02. The summed E-state index contributed by atoms with van der Waals surface area (Å²) in [4.78, 5) is 4.07. The van der Waals surface area contributed by atoms with Gasteiger partial charge >= 0.3 is 0 Å². The summed E-state index contributed by atoms with van der Waals surface area (Å²) >= 11 is 0. The van der Waals surface area contributed by atoms with Crippen LogP contribution in [-0.4, -0.2) is 24.0 Å². The summed E-state index contributed by atoms with van der Waals surface area (Å²) in [5.41, 5.74) is 1.07. The molecular formula is C10H13NO. The van der Waals surface area contributed by atoms with Gasteiger partial charge in [-0.1, -0.05) is 30.3 Å². The van der Waals surface area contributed by atoms with E-state index >= 15 is 0 Å². The van der Waals surface area contributed by atoms with Crippen molar-refractivity contribution >= 4 is 6.21 Å². The maximum Gasteiger partial charge on any atom is 0.0707 e. The van der Waals surface area contributed by atoms with E-state index in [-0.39, 0.29) is 6.10 Å². The van der Waals surface area contributed by atoms with Crippen molar-refractivity contribution < 1.29 is 5.11 Å².